The molecule has 1 heterocycles. The Balaban J connectivity index is 2.44. The van der Waals surface area contributed by atoms with Gasteiger partial charge in [-0.05, 0) is 24.3 Å². The zero-order chi connectivity index (χ0) is 14.8. The number of hydrogen-bond acceptors (Lipinski definition) is 3. The number of aromatic nitrogens is 1. The van der Waals surface area contributed by atoms with Gasteiger partial charge in [0.05, 0.1) is 18.4 Å². The molecule has 2 rings (SSSR count). The number of methoxy groups -OCH3 is 1. The van der Waals surface area contributed by atoms with Gasteiger partial charge in [-0.3, -0.25) is 0 Å². The first-order valence-electron chi connectivity index (χ1n) is 5.65. The highest BCUT2D eigenvalue weighted by Gasteiger charge is 2.30. The maximum atomic E-state index is 12.7. The van der Waals surface area contributed by atoms with E-state index in [0.29, 0.717) is 0 Å². The lowest BCUT2D eigenvalue weighted by molar-refractivity contribution is -0.137. The molecule has 104 valence electrons. The highest BCUT2D eigenvalue weighted by atomic mass is 19.4. The molecule has 0 aliphatic heterocycles. The van der Waals surface area contributed by atoms with E-state index in [0.717, 1.165) is 12.1 Å². The molecule has 0 aliphatic rings. The number of pyridine rings is 1. The van der Waals surface area contributed by atoms with Crippen molar-refractivity contribution in [2.75, 3.05) is 7.11 Å². The molecular weight excluding hydrogens is 271 g/mol. The van der Waals surface area contributed by atoms with E-state index in [1.807, 2.05) is 0 Å². The Bertz CT molecular complexity index is 638. The zero-order valence-corrected chi connectivity index (χ0v) is 10.4. The van der Waals surface area contributed by atoms with Crippen molar-refractivity contribution in [2.45, 2.75) is 6.18 Å². The quantitative estimate of drug-likeness (QED) is 0.790. The number of nitrogens with zero attached hydrogens (tertiary/aromatic N) is 1. The molecule has 0 atom stereocenters. The summed E-state index contributed by atoms with van der Waals surface area (Å²) >= 11 is 0. The lowest BCUT2D eigenvalue weighted by Crippen LogP contribution is -2.06. The summed E-state index contributed by atoms with van der Waals surface area (Å²) in [7, 11) is 1.21. The fraction of sp³-hybridized carbons (Fsp3) is 0.143. The minimum Gasteiger partial charge on any atom is -0.464 e. The first-order chi connectivity index (χ1) is 9.41. The Kier molecular flexibility index (Phi) is 3.74. The molecule has 0 saturated heterocycles. The summed E-state index contributed by atoms with van der Waals surface area (Å²) in [5.74, 6) is -0.640. The van der Waals surface area contributed by atoms with Crippen molar-refractivity contribution >= 4 is 5.97 Å². The number of esters is 1. The van der Waals surface area contributed by atoms with Gasteiger partial charge in [0.2, 0.25) is 0 Å². The summed E-state index contributed by atoms with van der Waals surface area (Å²) in [6.07, 6.45) is -4.42. The number of alkyl halides is 3. The normalized spacial score (nSPS) is 11.2. The van der Waals surface area contributed by atoms with Crippen molar-refractivity contribution < 1.29 is 22.7 Å². The minimum atomic E-state index is -4.42. The number of carbonyl (C=O) groups excluding carboxylic acids is 1. The predicted molar refractivity (Wildman–Crippen MR) is 66.0 cm³/mol. The Morgan fingerprint density at radius 1 is 1.15 bits per heavy atom. The maximum Gasteiger partial charge on any atom is 0.416 e. The molecule has 20 heavy (non-hydrogen) atoms. The SMILES string of the molecule is COC(=O)c1cccc(-c2cccc(C(F)(F)F)c2)n1. The largest absolute Gasteiger partial charge is 0.464 e. The molecule has 0 bridgehead atoms. The molecule has 0 amide bonds. The number of carbonyl (C=O) groups is 1. The van der Waals surface area contributed by atoms with Gasteiger partial charge in [0, 0.05) is 5.56 Å². The van der Waals surface area contributed by atoms with Crippen LogP contribution in [0.3, 0.4) is 0 Å². The van der Waals surface area contributed by atoms with Gasteiger partial charge in [0.25, 0.3) is 0 Å². The van der Waals surface area contributed by atoms with E-state index in [2.05, 4.69) is 9.72 Å². The monoisotopic (exact) mass is 281 g/mol. The topological polar surface area (TPSA) is 39.2 Å². The molecular formula is C14H10F3NO2. The summed E-state index contributed by atoms with van der Waals surface area (Å²) < 4.78 is 42.5. The van der Waals surface area contributed by atoms with E-state index >= 15 is 0 Å². The second-order valence-corrected chi connectivity index (χ2v) is 3.98. The lowest BCUT2D eigenvalue weighted by Gasteiger charge is -2.09. The third kappa shape index (κ3) is 2.96. The van der Waals surface area contributed by atoms with E-state index in [9.17, 15) is 18.0 Å². The Labute approximate surface area is 113 Å². The van der Waals surface area contributed by atoms with Gasteiger partial charge in [-0.15, -0.1) is 0 Å². The number of benzene rings is 1. The molecule has 0 aliphatic carbocycles. The average molecular weight is 281 g/mol. The van der Waals surface area contributed by atoms with E-state index in [-0.39, 0.29) is 17.0 Å². The number of ether oxygens (including phenoxy) is 1. The summed E-state index contributed by atoms with van der Waals surface area (Å²) in [6.45, 7) is 0. The predicted octanol–water partition coefficient (Wildman–Crippen LogP) is 3.55. The van der Waals surface area contributed by atoms with Gasteiger partial charge in [0.15, 0.2) is 0 Å². The fourth-order valence-corrected chi connectivity index (χ4v) is 1.67. The second-order valence-electron chi connectivity index (χ2n) is 3.98. The van der Waals surface area contributed by atoms with Gasteiger partial charge in [-0.25, -0.2) is 9.78 Å². The molecule has 3 nitrogen and oxygen atoms in total. The highest BCUT2D eigenvalue weighted by Crippen LogP contribution is 2.31. The van der Waals surface area contributed by atoms with Crippen LogP contribution in [-0.4, -0.2) is 18.1 Å². The van der Waals surface area contributed by atoms with Gasteiger partial charge >= 0.3 is 12.1 Å². The average Bonchev–Trinajstić information content (AvgIpc) is 2.46. The molecule has 6 heteroatoms. The maximum absolute atomic E-state index is 12.7. The number of rotatable bonds is 2. The van der Waals surface area contributed by atoms with Gasteiger partial charge < -0.3 is 4.74 Å². The third-order valence-electron chi connectivity index (χ3n) is 2.63. The van der Waals surface area contributed by atoms with Crippen LogP contribution in [-0.2, 0) is 10.9 Å². The van der Waals surface area contributed by atoms with Crippen LogP contribution in [0.5, 0.6) is 0 Å². The fourth-order valence-electron chi connectivity index (χ4n) is 1.67. The smallest absolute Gasteiger partial charge is 0.416 e. The number of halogens is 3. The van der Waals surface area contributed by atoms with Crippen LogP contribution < -0.4 is 0 Å². The second kappa shape index (κ2) is 5.32. The van der Waals surface area contributed by atoms with Crippen molar-refractivity contribution in [3.63, 3.8) is 0 Å². The van der Waals surface area contributed by atoms with Crippen LogP contribution >= 0.6 is 0 Å². The Hall–Kier alpha value is -2.37. The van der Waals surface area contributed by atoms with Crippen LogP contribution in [0.1, 0.15) is 16.1 Å². The van der Waals surface area contributed by atoms with Crippen LogP contribution in [0.25, 0.3) is 11.3 Å². The van der Waals surface area contributed by atoms with Crippen LogP contribution in [0.2, 0.25) is 0 Å². The van der Waals surface area contributed by atoms with E-state index in [1.165, 1.54) is 37.4 Å². The van der Waals surface area contributed by atoms with Crippen molar-refractivity contribution in [3.8, 4) is 11.3 Å². The van der Waals surface area contributed by atoms with Crippen molar-refractivity contribution in [1.82, 2.24) is 4.98 Å². The lowest BCUT2D eigenvalue weighted by atomic mass is 10.1. The summed E-state index contributed by atoms with van der Waals surface area (Å²) in [5.41, 5.74) is -0.160. The number of hydrogen-bond donors (Lipinski definition) is 0. The van der Waals surface area contributed by atoms with E-state index < -0.39 is 17.7 Å². The van der Waals surface area contributed by atoms with Crippen LogP contribution in [0, 0.1) is 0 Å². The first-order valence-corrected chi connectivity index (χ1v) is 5.65. The summed E-state index contributed by atoms with van der Waals surface area (Å²) in [4.78, 5) is 15.4. The van der Waals surface area contributed by atoms with Crippen molar-refractivity contribution in [1.29, 1.82) is 0 Å². The highest BCUT2D eigenvalue weighted by molar-refractivity contribution is 5.87. The van der Waals surface area contributed by atoms with Crippen LogP contribution in [0.4, 0.5) is 13.2 Å². The molecule has 1 aromatic heterocycles. The van der Waals surface area contributed by atoms with E-state index in [1.54, 1.807) is 0 Å². The summed E-state index contributed by atoms with van der Waals surface area (Å²) in [6, 6.07) is 9.26. The molecule has 0 saturated carbocycles. The molecule has 1 aromatic carbocycles. The van der Waals surface area contributed by atoms with Gasteiger partial charge in [-0.1, -0.05) is 18.2 Å². The van der Waals surface area contributed by atoms with Gasteiger partial charge in [0.1, 0.15) is 5.69 Å². The van der Waals surface area contributed by atoms with Crippen molar-refractivity contribution in [3.05, 3.63) is 53.7 Å². The summed E-state index contributed by atoms with van der Waals surface area (Å²) in [5, 5.41) is 0. The first kappa shape index (κ1) is 14.0. The molecule has 2 aromatic rings. The molecule has 0 N–H and O–H groups in total. The Morgan fingerprint density at radius 3 is 2.50 bits per heavy atom. The minimum absolute atomic E-state index is 0.0439. The van der Waals surface area contributed by atoms with Gasteiger partial charge in [-0.2, -0.15) is 13.2 Å². The molecule has 0 unspecified atom stereocenters. The zero-order valence-electron chi connectivity index (χ0n) is 10.4. The van der Waals surface area contributed by atoms with E-state index in [4.69, 9.17) is 0 Å². The standard InChI is InChI=1S/C14H10F3NO2/c1-20-13(19)12-7-3-6-11(18-12)9-4-2-5-10(8-9)14(15,16)17/h2-8H,1H3. The van der Waals surface area contributed by atoms with Crippen molar-refractivity contribution in [2.24, 2.45) is 0 Å². The van der Waals surface area contributed by atoms with Crippen LogP contribution in [0.15, 0.2) is 42.5 Å². The molecule has 0 fully saturated rings. The Morgan fingerprint density at radius 2 is 1.85 bits per heavy atom. The molecule has 0 spiro atoms. The molecule has 0 radical (unpaired) electrons. The third-order valence-corrected chi connectivity index (χ3v) is 2.63.